The molecule has 1 aromatic carbocycles. The van der Waals surface area contributed by atoms with Crippen LogP contribution < -0.4 is 11.1 Å². The van der Waals surface area contributed by atoms with Gasteiger partial charge < -0.3 is 11.1 Å². The van der Waals surface area contributed by atoms with Crippen molar-refractivity contribution >= 4 is 29.1 Å². The fourth-order valence-corrected chi connectivity index (χ4v) is 2.55. The maximum Gasteiger partial charge on any atom is 0.238 e. The Kier molecular flexibility index (Phi) is 4.98. The van der Waals surface area contributed by atoms with E-state index >= 15 is 0 Å². The van der Waals surface area contributed by atoms with Crippen LogP contribution in [-0.2, 0) is 9.59 Å². The Labute approximate surface area is 123 Å². The van der Waals surface area contributed by atoms with E-state index in [1.165, 1.54) is 0 Å². The molecule has 1 heterocycles. The van der Waals surface area contributed by atoms with E-state index in [0.717, 1.165) is 25.8 Å². The van der Waals surface area contributed by atoms with Crippen molar-refractivity contribution in [1.29, 1.82) is 0 Å². The number of nitrogens with two attached hydrogens (primary N) is 1. The predicted molar refractivity (Wildman–Crippen MR) is 78.5 cm³/mol. The fourth-order valence-electron chi connectivity index (χ4n) is 2.42. The van der Waals surface area contributed by atoms with Crippen molar-refractivity contribution in [2.45, 2.75) is 25.3 Å². The second kappa shape index (κ2) is 6.72. The molecular weight excluding hydrogens is 278 g/mol. The number of hydrogen-bond acceptors (Lipinski definition) is 3. The van der Waals surface area contributed by atoms with Gasteiger partial charge in [0.15, 0.2) is 0 Å². The zero-order chi connectivity index (χ0) is 14.5. The van der Waals surface area contributed by atoms with E-state index in [9.17, 15) is 9.59 Å². The molecule has 2 rings (SSSR count). The quantitative estimate of drug-likeness (QED) is 0.886. The lowest BCUT2D eigenvalue weighted by molar-refractivity contribution is -0.126. The molecule has 0 radical (unpaired) electrons. The molecule has 0 aromatic heterocycles. The van der Waals surface area contributed by atoms with Gasteiger partial charge in [-0.1, -0.05) is 18.0 Å². The first-order chi connectivity index (χ1) is 9.56. The minimum Gasteiger partial charge on any atom is -0.368 e. The van der Waals surface area contributed by atoms with Gasteiger partial charge in [0.25, 0.3) is 0 Å². The van der Waals surface area contributed by atoms with Crippen molar-refractivity contribution in [3.8, 4) is 0 Å². The highest BCUT2D eigenvalue weighted by molar-refractivity contribution is 6.30. The lowest BCUT2D eigenvalue weighted by Crippen LogP contribution is -2.50. The summed E-state index contributed by atoms with van der Waals surface area (Å²) >= 11 is 5.79. The molecule has 0 bridgehead atoms. The van der Waals surface area contributed by atoms with Gasteiger partial charge in [-0.3, -0.25) is 14.5 Å². The van der Waals surface area contributed by atoms with Gasteiger partial charge in [-0.05, 0) is 43.7 Å². The van der Waals surface area contributed by atoms with Crippen LogP contribution in [0.2, 0.25) is 5.02 Å². The Hall–Kier alpha value is -1.59. The lowest BCUT2D eigenvalue weighted by atomic mass is 10.0. The largest absolute Gasteiger partial charge is 0.368 e. The normalized spacial score (nSPS) is 19.6. The number of amides is 2. The molecule has 1 atom stereocenters. The maximum atomic E-state index is 12.0. The van der Waals surface area contributed by atoms with E-state index in [-0.39, 0.29) is 24.4 Å². The molecule has 0 saturated carbocycles. The van der Waals surface area contributed by atoms with Crippen LogP contribution in [0.5, 0.6) is 0 Å². The first-order valence-corrected chi connectivity index (χ1v) is 7.03. The minimum absolute atomic E-state index is 0.152. The number of benzene rings is 1. The van der Waals surface area contributed by atoms with Crippen LogP contribution in [0.15, 0.2) is 24.3 Å². The van der Waals surface area contributed by atoms with Crippen molar-refractivity contribution < 1.29 is 9.59 Å². The van der Waals surface area contributed by atoms with E-state index in [0.29, 0.717) is 10.7 Å². The van der Waals surface area contributed by atoms with Crippen molar-refractivity contribution in [3.05, 3.63) is 29.3 Å². The molecule has 108 valence electrons. The van der Waals surface area contributed by atoms with Gasteiger partial charge in [0.2, 0.25) is 11.8 Å². The smallest absolute Gasteiger partial charge is 0.238 e. The van der Waals surface area contributed by atoms with Crippen LogP contribution in [0, 0.1) is 0 Å². The number of piperidine rings is 1. The molecule has 1 aliphatic rings. The van der Waals surface area contributed by atoms with Crippen molar-refractivity contribution in [3.63, 3.8) is 0 Å². The molecule has 1 aromatic rings. The van der Waals surface area contributed by atoms with E-state index in [1.807, 2.05) is 4.90 Å². The van der Waals surface area contributed by atoms with E-state index in [2.05, 4.69) is 5.32 Å². The third-order valence-corrected chi connectivity index (χ3v) is 3.67. The minimum atomic E-state index is -0.357. The fraction of sp³-hybridized carbons (Fsp3) is 0.429. The molecule has 0 unspecified atom stereocenters. The molecule has 3 N–H and O–H groups in total. The number of hydrogen-bond donors (Lipinski definition) is 2. The van der Waals surface area contributed by atoms with Crippen molar-refractivity contribution in [2.75, 3.05) is 18.4 Å². The molecule has 1 saturated heterocycles. The summed E-state index contributed by atoms with van der Waals surface area (Å²) in [5.41, 5.74) is 6.06. The first-order valence-electron chi connectivity index (χ1n) is 6.65. The molecule has 6 heteroatoms. The van der Waals surface area contributed by atoms with Crippen molar-refractivity contribution in [1.82, 2.24) is 4.90 Å². The predicted octanol–water partition coefficient (Wildman–Crippen LogP) is 1.62. The van der Waals surface area contributed by atoms with E-state index in [1.54, 1.807) is 24.3 Å². The summed E-state index contributed by atoms with van der Waals surface area (Å²) in [6, 6.07) is 6.57. The topological polar surface area (TPSA) is 75.4 Å². The molecule has 5 nitrogen and oxygen atoms in total. The molecule has 1 aliphatic heterocycles. The molecule has 2 amide bonds. The SMILES string of the molecule is NC(=O)[C@@H]1CCCCN1CC(=O)Nc1ccc(Cl)cc1. The second-order valence-corrected chi connectivity index (χ2v) is 5.38. The highest BCUT2D eigenvalue weighted by atomic mass is 35.5. The summed E-state index contributed by atoms with van der Waals surface area (Å²) in [7, 11) is 0. The van der Waals surface area contributed by atoms with Gasteiger partial charge in [0.1, 0.15) is 0 Å². The average Bonchev–Trinajstić information content (AvgIpc) is 2.41. The van der Waals surface area contributed by atoms with Crippen LogP contribution >= 0.6 is 11.6 Å². The average molecular weight is 296 g/mol. The summed E-state index contributed by atoms with van der Waals surface area (Å²) in [5, 5.41) is 3.40. The second-order valence-electron chi connectivity index (χ2n) is 4.94. The number of carbonyl (C=O) groups is 2. The number of nitrogens with one attached hydrogen (secondary N) is 1. The molecular formula is C14H18ClN3O2. The summed E-state index contributed by atoms with van der Waals surface area (Å²) < 4.78 is 0. The Morgan fingerprint density at radius 3 is 2.65 bits per heavy atom. The Morgan fingerprint density at radius 1 is 1.30 bits per heavy atom. The summed E-state index contributed by atoms with van der Waals surface area (Å²) in [5.74, 6) is -0.510. The lowest BCUT2D eigenvalue weighted by Gasteiger charge is -2.32. The van der Waals surface area contributed by atoms with Crippen LogP contribution in [0.1, 0.15) is 19.3 Å². The van der Waals surface area contributed by atoms with Gasteiger partial charge in [-0.15, -0.1) is 0 Å². The van der Waals surface area contributed by atoms with Crippen molar-refractivity contribution in [2.24, 2.45) is 5.73 Å². The third-order valence-electron chi connectivity index (χ3n) is 3.42. The monoisotopic (exact) mass is 295 g/mol. The Balaban J connectivity index is 1.92. The van der Waals surface area contributed by atoms with Crippen LogP contribution in [0.4, 0.5) is 5.69 Å². The molecule has 0 aliphatic carbocycles. The molecule has 0 spiro atoms. The summed E-state index contributed by atoms with van der Waals surface area (Å²) in [6.07, 6.45) is 2.68. The Morgan fingerprint density at radius 2 is 2.00 bits per heavy atom. The maximum absolute atomic E-state index is 12.0. The molecule has 20 heavy (non-hydrogen) atoms. The van der Waals surface area contributed by atoms with Gasteiger partial charge in [0.05, 0.1) is 12.6 Å². The number of anilines is 1. The zero-order valence-corrected chi connectivity index (χ0v) is 11.9. The van der Waals surface area contributed by atoms with E-state index < -0.39 is 0 Å². The van der Waals surface area contributed by atoms with Crippen LogP contribution in [0.3, 0.4) is 0 Å². The number of nitrogens with zero attached hydrogens (tertiary/aromatic N) is 1. The van der Waals surface area contributed by atoms with E-state index in [4.69, 9.17) is 17.3 Å². The standard InChI is InChI=1S/C14H18ClN3O2/c15-10-4-6-11(7-5-10)17-13(19)9-18-8-2-1-3-12(18)14(16)20/h4-7,12H,1-3,8-9H2,(H2,16,20)(H,17,19)/t12-/m0/s1. The Bertz CT molecular complexity index is 490. The van der Waals surface area contributed by atoms with Gasteiger partial charge in [0, 0.05) is 10.7 Å². The molecule has 1 fully saturated rings. The third kappa shape index (κ3) is 3.95. The van der Waals surface area contributed by atoms with Gasteiger partial charge in [-0.2, -0.15) is 0 Å². The number of rotatable bonds is 4. The first kappa shape index (κ1) is 14.8. The number of halogens is 1. The van der Waals surface area contributed by atoms with Crippen LogP contribution in [0.25, 0.3) is 0 Å². The summed E-state index contributed by atoms with van der Waals surface area (Å²) in [6.45, 7) is 0.901. The zero-order valence-electron chi connectivity index (χ0n) is 11.1. The number of likely N-dealkylation sites (tertiary alicyclic amines) is 1. The number of carbonyl (C=O) groups excluding carboxylic acids is 2. The highest BCUT2D eigenvalue weighted by Gasteiger charge is 2.28. The summed E-state index contributed by atoms with van der Waals surface area (Å²) in [4.78, 5) is 25.2. The highest BCUT2D eigenvalue weighted by Crippen LogP contribution is 2.17. The van der Waals surface area contributed by atoms with Crippen LogP contribution in [-0.4, -0.2) is 35.8 Å². The van der Waals surface area contributed by atoms with Gasteiger partial charge >= 0.3 is 0 Å². The van der Waals surface area contributed by atoms with Gasteiger partial charge in [-0.25, -0.2) is 0 Å². The number of primary amides is 1.